The van der Waals surface area contributed by atoms with Gasteiger partial charge in [-0.1, -0.05) is 23.4 Å². The van der Waals surface area contributed by atoms with Crippen molar-refractivity contribution < 1.29 is 18.8 Å². The van der Waals surface area contributed by atoms with Gasteiger partial charge in [-0.25, -0.2) is 0 Å². The van der Waals surface area contributed by atoms with Crippen LogP contribution in [0.3, 0.4) is 0 Å². The maximum absolute atomic E-state index is 13.1. The fourth-order valence-corrected chi connectivity index (χ4v) is 3.01. The molecule has 6 heteroatoms. The molecular weight excluding hydrogens is 368 g/mol. The Morgan fingerprint density at radius 2 is 1.86 bits per heavy atom. The molecule has 0 saturated carbocycles. The first-order valence-corrected chi connectivity index (χ1v) is 9.22. The summed E-state index contributed by atoms with van der Waals surface area (Å²) in [6.45, 7) is 4.08. The van der Waals surface area contributed by atoms with Crippen molar-refractivity contribution >= 4 is 17.7 Å². The van der Waals surface area contributed by atoms with E-state index in [1.807, 2.05) is 62.4 Å². The molecule has 3 aromatic rings. The first-order valence-electron chi connectivity index (χ1n) is 9.22. The number of aromatic nitrogens is 1. The molecule has 0 spiro atoms. The van der Waals surface area contributed by atoms with E-state index in [1.165, 1.54) is 6.08 Å². The van der Waals surface area contributed by atoms with Crippen LogP contribution in [0.4, 0.5) is 5.69 Å². The fourth-order valence-electron chi connectivity index (χ4n) is 3.01. The minimum absolute atomic E-state index is 0.166. The van der Waals surface area contributed by atoms with E-state index < -0.39 is 0 Å². The summed E-state index contributed by atoms with van der Waals surface area (Å²) in [6, 6.07) is 15.0. The van der Waals surface area contributed by atoms with E-state index in [4.69, 9.17) is 14.0 Å². The van der Waals surface area contributed by atoms with Gasteiger partial charge in [0.1, 0.15) is 17.3 Å². The van der Waals surface area contributed by atoms with Crippen molar-refractivity contribution in [3.8, 4) is 11.5 Å². The number of ether oxygens (including phenoxy) is 2. The molecule has 0 aliphatic heterocycles. The van der Waals surface area contributed by atoms with Crippen LogP contribution >= 0.6 is 0 Å². The second-order valence-corrected chi connectivity index (χ2v) is 6.50. The SMILES string of the molecule is COc1ccc(OC)c(/C=C/C(=O)N(Cc2c(C)noc2C)c2ccccc2)c1. The number of amides is 1. The summed E-state index contributed by atoms with van der Waals surface area (Å²) < 4.78 is 15.9. The molecule has 0 saturated heterocycles. The fraction of sp³-hybridized carbons (Fsp3) is 0.217. The van der Waals surface area contributed by atoms with Crippen LogP contribution in [0.15, 0.2) is 59.1 Å². The first-order chi connectivity index (χ1) is 14.0. The van der Waals surface area contributed by atoms with Crippen LogP contribution in [0.5, 0.6) is 11.5 Å². The van der Waals surface area contributed by atoms with E-state index in [0.717, 1.165) is 22.5 Å². The molecule has 150 valence electrons. The number of carbonyl (C=O) groups is 1. The maximum Gasteiger partial charge on any atom is 0.251 e. The van der Waals surface area contributed by atoms with Crippen LogP contribution in [0, 0.1) is 13.8 Å². The van der Waals surface area contributed by atoms with Gasteiger partial charge in [0.05, 0.1) is 26.5 Å². The van der Waals surface area contributed by atoms with Crippen molar-refractivity contribution in [1.29, 1.82) is 0 Å². The molecule has 0 radical (unpaired) electrons. The third-order valence-corrected chi connectivity index (χ3v) is 4.67. The van der Waals surface area contributed by atoms with Crippen molar-refractivity contribution in [3.63, 3.8) is 0 Å². The zero-order chi connectivity index (χ0) is 20.8. The number of rotatable bonds is 7. The van der Waals surface area contributed by atoms with E-state index in [1.54, 1.807) is 25.2 Å². The average Bonchev–Trinajstić information content (AvgIpc) is 3.07. The summed E-state index contributed by atoms with van der Waals surface area (Å²) in [5.74, 6) is 1.89. The summed E-state index contributed by atoms with van der Waals surface area (Å²) >= 11 is 0. The Bertz CT molecular complexity index is 989. The van der Waals surface area contributed by atoms with Crippen molar-refractivity contribution in [2.75, 3.05) is 19.1 Å². The minimum Gasteiger partial charge on any atom is -0.497 e. The summed E-state index contributed by atoms with van der Waals surface area (Å²) in [6.07, 6.45) is 3.26. The number of benzene rings is 2. The lowest BCUT2D eigenvalue weighted by Crippen LogP contribution is -2.29. The molecule has 29 heavy (non-hydrogen) atoms. The summed E-state index contributed by atoms with van der Waals surface area (Å²) in [4.78, 5) is 14.8. The molecule has 0 fully saturated rings. The monoisotopic (exact) mass is 392 g/mol. The Balaban J connectivity index is 1.92. The zero-order valence-electron chi connectivity index (χ0n) is 17.0. The van der Waals surface area contributed by atoms with Gasteiger partial charge in [-0.15, -0.1) is 0 Å². The molecule has 6 nitrogen and oxygen atoms in total. The predicted molar refractivity (Wildman–Crippen MR) is 112 cm³/mol. The quantitative estimate of drug-likeness (QED) is 0.552. The van der Waals surface area contributed by atoms with Crippen molar-refractivity contribution in [3.05, 3.63) is 77.2 Å². The second-order valence-electron chi connectivity index (χ2n) is 6.50. The van der Waals surface area contributed by atoms with E-state index >= 15 is 0 Å². The highest BCUT2D eigenvalue weighted by atomic mass is 16.5. The minimum atomic E-state index is -0.166. The zero-order valence-corrected chi connectivity index (χ0v) is 17.0. The molecular formula is C23H24N2O4. The molecule has 0 N–H and O–H groups in total. The van der Waals surface area contributed by atoms with Crippen LogP contribution in [-0.2, 0) is 11.3 Å². The van der Waals surface area contributed by atoms with Crippen molar-refractivity contribution in [1.82, 2.24) is 5.16 Å². The van der Waals surface area contributed by atoms with Gasteiger partial charge in [-0.3, -0.25) is 4.79 Å². The van der Waals surface area contributed by atoms with Gasteiger partial charge in [-0.05, 0) is 50.3 Å². The van der Waals surface area contributed by atoms with Crippen molar-refractivity contribution in [2.24, 2.45) is 0 Å². The third-order valence-electron chi connectivity index (χ3n) is 4.67. The summed E-state index contributed by atoms with van der Waals surface area (Å²) in [5.41, 5.74) is 3.22. The van der Waals surface area contributed by atoms with E-state index in [9.17, 15) is 4.79 Å². The highest BCUT2D eigenvalue weighted by Crippen LogP contribution is 2.26. The number of methoxy groups -OCH3 is 2. The molecule has 0 bridgehead atoms. The first kappa shape index (κ1) is 20.2. The standard InChI is InChI=1S/C23H24N2O4/c1-16-21(17(2)29-24-16)15-25(19-8-6-5-7-9-19)23(26)13-10-18-14-20(27-3)11-12-22(18)28-4/h5-14H,15H2,1-4H3/b13-10+. The van der Waals surface area contributed by atoms with Crippen LogP contribution in [0.25, 0.3) is 6.08 Å². The van der Waals surface area contributed by atoms with Crippen LogP contribution in [-0.4, -0.2) is 25.3 Å². The molecule has 0 atom stereocenters. The lowest BCUT2D eigenvalue weighted by Gasteiger charge is -2.21. The molecule has 1 amide bonds. The van der Waals surface area contributed by atoms with Gasteiger partial charge in [0.25, 0.3) is 5.91 Å². The van der Waals surface area contributed by atoms with Gasteiger partial charge >= 0.3 is 0 Å². The maximum atomic E-state index is 13.1. The molecule has 0 aliphatic rings. The van der Waals surface area contributed by atoms with E-state index in [0.29, 0.717) is 23.8 Å². The molecule has 0 unspecified atom stereocenters. The molecule has 1 aromatic heterocycles. The highest BCUT2D eigenvalue weighted by molar-refractivity contribution is 6.04. The summed E-state index contributed by atoms with van der Waals surface area (Å²) in [7, 11) is 3.19. The molecule has 3 rings (SSSR count). The summed E-state index contributed by atoms with van der Waals surface area (Å²) in [5, 5.41) is 4.00. The molecule has 0 aliphatic carbocycles. The van der Waals surface area contributed by atoms with Crippen molar-refractivity contribution in [2.45, 2.75) is 20.4 Å². The Labute approximate surface area is 170 Å². The topological polar surface area (TPSA) is 64.8 Å². The number of carbonyl (C=O) groups excluding carboxylic acids is 1. The van der Waals surface area contributed by atoms with Gasteiger partial charge in [0.15, 0.2) is 0 Å². The lowest BCUT2D eigenvalue weighted by atomic mass is 10.1. The number of hydrogen-bond acceptors (Lipinski definition) is 5. The number of para-hydroxylation sites is 1. The Morgan fingerprint density at radius 3 is 2.48 bits per heavy atom. The van der Waals surface area contributed by atoms with Gasteiger partial charge in [0.2, 0.25) is 0 Å². The molecule has 2 aromatic carbocycles. The Hall–Kier alpha value is -3.54. The molecule has 1 heterocycles. The second kappa shape index (κ2) is 9.10. The van der Waals surface area contributed by atoms with Crippen LogP contribution < -0.4 is 14.4 Å². The lowest BCUT2D eigenvalue weighted by molar-refractivity contribution is -0.114. The predicted octanol–water partition coefficient (Wildman–Crippen LogP) is 4.56. The average molecular weight is 392 g/mol. The number of anilines is 1. The Morgan fingerprint density at radius 1 is 1.10 bits per heavy atom. The van der Waals surface area contributed by atoms with Crippen LogP contribution in [0.1, 0.15) is 22.6 Å². The van der Waals surface area contributed by atoms with Gasteiger partial charge in [0, 0.05) is 22.9 Å². The van der Waals surface area contributed by atoms with E-state index in [2.05, 4.69) is 5.16 Å². The van der Waals surface area contributed by atoms with Crippen LogP contribution in [0.2, 0.25) is 0 Å². The van der Waals surface area contributed by atoms with Gasteiger partial charge < -0.3 is 18.9 Å². The number of aryl methyl sites for hydroxylation is 2. The van der Waals surface area contributed by atoms with E-state index in [-0.39, 0.29) is 5.91 Å². The third kappa shape index (κ3) is 4.66. The highest BCUT2D eigenvalue weighted by Gasteiger charge is 2.19. The largest absolute Gasteiger partial charge is 0.497 e. The van der Waals surface area contributed by atoms with Gasteiger partial charge in [-0.2, -0.15) is 0 Å². The smallest absolute Gasteiger partial charge is 0.251 e. The Kier molecular flexibility index (Phi) is 6.34. The normalized spacial score (nSPS) is 10.9. The number of nitrogens with zero attached hydrogens (tertiary/aromatic N) is 2. The number of hydrogen-bond donors (Lipinski definition) is 0.